The van der Waals surface area contributed by atoms with Crippen LogP contribution in [0.4, 0.5) is 0 Å². The minimum absolute atomic E-state index is 0.326. The van der Waals surface area contributed by atoms with E-state index >= 15 is 0 Å². The molecule has 5 nitrogen and oxygen atoms in total. The van der Waals surface area contributed by atoms with E-state index < -0.39 is 0 Å². The Morgan fingerprint density at radius 2 is 1.38 bits per heavy atom. The molecule has 5 heteroatoms. The number of aliphatic imine (C=N–C) groups is 1. The third-order valence-electron chi connectivity index (χ3n) is 13.8. The Bertz CT molecular complexity index is 3190. The van der Waals surface area contributed by atoms with Crippen LogP contribution in [0.3, 0.4) is 0 Å². The number of hydrogen-bond donors (Lipinski definition) is 0. The SMILES string of the molecule is CC1=CC(C)=C(N2C(c3cc(C)cc(-n4c5ccc(C)cc5c5ccc(-n6c7ccc(C)cc7c7cccnc76)cc54)c3)=N[C@]3(C)Cc4ccccc4[C@]23C)[C@@H](C)C1. The second kappa shape index (κ2) is 12.2. The number of benzene rings is 5. The van der Waals surface area contributed by atoms with Gasteiger partial charge < -0.3 is 9.47 Å². The molecule has 0 radical (unpaired) electrons. The average Bonchev–Trinajstić information content (AvgIpc) is 3.83. The second-order valence-corrected chi connectivity index (χ2v) is 18.0. The summed E-state index contributed by atoms with van der Waals surface area (Å²) in [6.45, 7) is 18.4. The molecule has 3 aliphatic rings. The first-order valence-corrected chi connectivity index (χ1v) is 20.8. The highest BCUT2D eigenvalue weighted by molar-refractivity contribution is 6.12. The molecule has 4 heterocycles. The summed E-state index contributed by atoms with van der Waals surface area (Å²) in [6.07, 6.45) is 6.27. The monoisotopic (exact) mass is 755 g/mol. The van der Waals surface area contributed by atoms with Crippen LogP contribution in [0.15, 0.2) is 143 Å². The molecule has 0 saturated heterocycles. The molecule has 0 spiro atoms. The van der Waals surface area contributed by atoms with E-state index in [-0.39, 0.29) is 11.1 Å². The highest BCUT2D eigenvalue weighted by Crippen LogP contribution is 2.57. The number of nitrogens with zero attached hydrogens (tertiary/aromatic N) is 5. The third kappa shape index (κ3) is 4.76. The van der Waals surface area contributed by atoms with E-state index in [0.717, 1.165) is 46.8 Å². The van der Waals surface area contributed by atoms with Crippen molar-refractivity contribution < 1.29 is 0 Å². The normalized spacial score (nSPS) is 21.7. The first-order chi connectivity index (χ1) is 27.9. The Morgan fingerprint density at radius 3 is 2.16 bits per heavy atom. The molecular weight excluding hydrogens is 707 g/mol. The minimum atomic E-state index is -0.332. The standard InChI is InChI=1S/C53H49N5/c1-31-15-19-46-43(26-31)41-18-17-39(57-47-20-16-32(2)27-44(47)42-13-11-21-54-51(42)57)29-48(41)56(46)40-25-34(4)24-38(28-40)50-55-52(7)30-37-12-9-10-14-45(37)53(52,8)58(50)49-35(5)22-33(3)23-36(49)6/h9-22,24-29,36H,23,30H2,1-8H3/t36-,52+,53-/m0/s1. The fraction of sp³-hybridized carbons (Fsp3) is 0.245. The first-order valence-electron chi connectivity index (χ1n) is 20.8. The first kappa shape index (κ1) is 35.0. The number of pyridine rings is 1. The van der Waals surface area contributed by atoms with Crippen LogP contribution in [-0.4, -0.2) is 30.4 Å². The second-order valence-electron chi connectivity index (χ2n) is 18.0. The van der Waals surface area contributed by atoms with Crippen molar-refractivity contribution in [3.05, 3.63) is 172 Å². The van der Waals surface area contributed by atoms with Crippen LogP contribution in [-0.2, 0) is 12.0 Å². The summed E-state index contributed by atoms with van der Waals surface area (Å²) in [5.74, 6) is 1.44. The number of aromatic nitrogens is 3. The number of amidine groups is 1. The van der Waals surface area contributed by atoms with E-state index in [1.54, 1.807) is 0 Å². The Hall–Kier alpha value is -6.20. The molecule has 2 aliphatic carbocycles. The van der Waals surface area contributed by atoms with Crippen molar-refractivity contribution in [1.29, 1.82) is 0 Å². The molecule has 0 bridgehead atoms. The summed E-state index contributed by atoms with van der Waals surface area (Å²) in [4.78, 5) is 13.5. The Labute approximate surface area is 340 Å². The van der Waals surface area contributed by atoms with Gasteiger partial charge in [0.05, 0.1) is 27.6 Å². The predicted molar refractivity (Wildman–Crippen MR) is 242 cm³/mol. The van der Waals surface area contributed by atoms with Gasteiger partial charge in [-0.1, -0.05) is 72.2 Å². The van der Waals surface area contributed by atoms with Crippen molar-refractivity contribution in [3.63, 3.8) is 0 Å². The van der Waals surface area contributed by atoms with Crippen LogP contribution in [0, 0.1) is 26.7 Å². The Kier molecular flexibility index (Phi) is 7.34. The number of allylic oxidation sites excluding steroid dienone is 4. The van der Waals surface area contributed by atoms with Crippen molar-refractivity contribution in [2.75, 3.05) is 0 Å². The quantitative estimate of drug-likeness (QED) is 0.179. The average molecular weight is 756 g/mol. The van der Waals surface area contributed by atoms with Gasteiger partial charge in [0.2, 0.25) is 0 Å². The molecule has 8 aromatic rings. The van der Waals surface area contributed by atoms with E-state index in [1.165, 1.54) is 77.2 Å². The molecular formula is C53H49N5. The van der Waals surface area contributed by atoms with Crippen molar-refractivity contribution in [2.45, 2.75) is 79.3 Å². The summed E-state index contributed by atoms with van der Waals surface area (Å²) in [5.41, 5.74) is 17.9. The summed E-state index contributed by atoms with van der Waals surface area (Å²) in [5, 5.41) is 4.88. The number of rotatable bonds is 4. The van der Waals surface area contributed by atoms with Gasteiger partial charge in [-0.3, -0.25) is 9.56 Å². The predicted octanol–water partition coefficient (Wildman–Crippen LogP) is 12.8. The molecule has 0 fully saturated rings. The van der Waals surface area contributed by atoms with Gasteiger partial charge in [-0.2, -0.15) is 0 Å². The molecule has 1 aliphatic heterocycles. The molecule has 286 valence electrons. The van der Waals surface area contributed by atoms with Crippen molar-refractivity contribution in [3.8, 4) is 11.4 Å². The largest absolute Gasteiger partial charge is 0.317 e. The molecule has 0 N–H and O–H groups in total. The lowest BCUT2D eigenvalue weighted by atomic mass is 9.77. The maximum absolute atomic E-state index is 5.86. The van der Waals surface area contributed by atoms with Gasteiger partial charge in [0.25, 0.3) is 0 Å². The number of fused-ring (bicyclic) bond motifs is 9. The van der Waals surface area contributed by atoms with Crippen LogP contribution in [0.25, 0.3) is 55.1 Å². The molecule has 0 amide bonds. The lowest BCUT2D eigenvalue weighted by Crippen LogP contribution is -2.52. The van der Waals surface area contributed by atoms with Gasteiger partial charge in [0.15, 0.2) is 0 Å². The lowest BCUT2D eigenvalue weighted by Gasteiger charge is -2.46. The van der Waals surface area contributed by atoms with E-state index in [4.69, 9.17) is 9.98 Å². The highest BCUT2D eigenvalue weighted by atomic mass is 15.4. The zero-order valence-electron chi connectivity index (χ0n) is 34.8. The topological polar surface area (TPSA) is 38.4 Å². The molecule has 58 heavy (non-hydrogen) atoms. The minimum Gasteiger partial charge on any atom is -0.317 e. The molecule has 3 atom stereocenters. The highest BCUT2D eigenvalue weighted by Gasteiger charge is 2.61. The summed E-state index contributed by atoms with van der Waals surface area (Å²) >= 11 is 0. The summed E-state index contributed by atoms with van der Waals surface area (Å²) in [7, 11) is 0. The summed E-state index contributed by atoms with van der Waals surface area (Å²) in [6, 6.07) is 41.0. The van der Waals surface area contributed by atoms with Gasteiger partial charge >= 0.3 is 0 Å². The van der Waals surface area contributed by atoms with Crippen molar-refractivity contribution in [2.24, 2.45) is 10.9 Å². The number of hydrogen-bond acceptors (Lipinski definition) is 3. The maximum atomic E-state index is 5.86. The zero-order valence-corrected chi connectivity index (χ0v) is 34.8. The summed E-state index contributed by atoms with van der Waals surface area (Å²) < 4.78 is 4.81. The van der Waals surface area contributed by atoms with Gasteiger partial charge in [-0.25, -0.2) is 4.98 Å². The van der Waals surface area contributed by atoms with Crippen LogP contribution >= 0.6 is 0 Å². The molecule has 5 aromatic carbocycles. The van der Waals surface area contributed by atoms with Crippen molar-refractivity contribution in [1.82, 2.24) is 19.0 Å². The molecule has 11 rings (SSSR count). The van der Waals surface area contributed by atoms with E-state index in [2.05, 4.69) is 179 Å². The van der Waals surface area contributed by atoms with E-state index in [0.29, 0.717) is 5.92 Å². The van der Waals surface area contributed by atoms with Gasteiger partial charge in [0, 0.05) is 62.7 Å². The third-order valence-corrected chi connectivity index (χ3v) is 13.8. The van der Waals surface area contributed by atoms with Crippen LogP contribution in [0.2, 0.25) is 0 Å². The molecule has 0 unspecified atom stereocenters. The van der Waals surface area contributed by atoms with E-state index in [1.807, 2.05) is 12.3 Å². The Morgan fingerprint density at radius 1 is 0.638 bits per heavy atom. The fourth-order valence-electron chi connectivity index (χ4n) is 11.2. The van der Waals surface area contributed by atoms with Crippen LogP contribution in [0.1, 0.15) is 74.4 Å². The zero-order chi connectivity index (χ0) is 39.8. The van der Waals surface area contributed by atoms with Gasteiger partial charge in [-0.05, 0) is 144 Å². The van der Waals surface area contributed by atoms with Crippen molar-refractivity contribution >= 4 is 49.6 Å². The van der Waals surface area contributed by atoms with Gasteiger partial charge in [0.1, 0.15) is 11.5 Å². The van der Waals surface area contributed by atoms with Gasteiger partial charge in [-0.15, -0.1) is 0 Å². The lowest BCUT2D eigenvalue weighted by molar-refractivity contribution is 0.162. The van der Waals surface area contributed by atoms with Crippen LogP contribution < -0.4 is 0 Å². The number of aryl methyl sites for hydroxylation is 3. The van der Waals surface area contributed by atoms with E-state index in [9.17, 15) is 0 Å². The molecule has 0 saturated carbocycles. The molecule has 3 aromatic heterocycles. The fourth-order valence-corrected chi connectivity index (χ4v) is 11.2. The van der Waals surface area contributed by atoms with Crippen LogP contribution in [0.5, 0.6) is 0 Å². The maximum Gasteiger partial charge on any atom is 0.145 e. The smallest absolute Gasteiger partial charge is 0.145 e. The Balaban J connectivity index is 1.16.